The summed E-state index contributed by atoms with van der Waals surface area (Å²) in [6.45, 7) is 19.6. The fourth-order valence-electron chi connectivity index (χ4n) is 1.06. The monoisotopic (exact) mass is 284 g/mol. The minimum atomic E-state index is -1.78. The van der Waals surface area contributed by atoms with Crippen LogP contribution in [0.1, 0.15) is 48.5 Å². The van der Waals surface area contributed by atoms with Crippen molar-refractivity contribution in [3.05, 3.63) is 17.4 Å². The highest BCUT2D eigenvalue weighted by Crippen LogP contribution is 2.36. The van der Waals surface area contributed by atoms with Crippen molar-refractivity contribution in [2.24, 2.45) is 5.41 Å². The molecule has 2 nitrogen and oxygen atoms in total. The molecule has 0 aliphatic heterocycles. The summed E-state index contributed by atoms with van der Waals surface area (Å²) in [6.07, 6.45) is 1.44. The van der Waals surface area contributed by atoms with Crippen molar-refractivity contribution >= 4 is 8.32 Å². The van der Waals surface area contributed by atoms with E-state index in [-0.39, 0.29) is 10.5 Å². The molecule has 0 aliphatic carbocycles. The Kier molecular flexibility index (Phi) is 6.29. The van der Waals surface area contributed by atoms with Gasteiger partial charge in [0, 0.05) is 0 Å². The molecule has 0 amide bonds. The summed E-state index contributed by atoms with van der Waals surface area (Å²) in [4.78, 5) is 0. The average Bonchev–Trinajstić information content (AvgIpc) is 2.19. The highest BCUT2D eigenvalue weighted by molar-refractivity contribution is 6.74. The molecule has 0 saturated heterocycles. The van der Waals surface area contributed by atoms with Crippen LogP contribution >= 0.6 is 0 Å². The van der Waals surface area contributed by atoms with E-state index in [0.717, 1.165) is 5.57 Å². The Hall–Kier alpha value is -0.343. The first-order chi connectivity index (χ1) is 8.26. The first kappa shape index (κ1) is 18.7. The van der Waals surface area contributed by atoms with Gasteiger partial charge in [0.05, 0.1) is 6.61 Å². The fourth-order valence-corrected chi connectivity index (χ4v) is 2.06. The zero-order valence-electron chi connectivity index (χ0n) is 14.2. The third kappa shape index (κ3) is 7.12. The Morgan fingerprint density at radius 3 is 2.05 bits per heavy atom. The molecule has 0 bridgehead atoms. The SMILES string of the molecule is CC(=C=CC(C)(C)C)C(O)CO[Si](C)(C)C(C)(C)C. The molecular weight excluding hydrogens is 252 g/mol. The molecule has 1 unspecified atom stereocenters. The second-order valence-corrected chi connectivity index (χ2v) is 12.7. The minimum Gasteiger partial charge on any atom is -0.414 e. The maximum absolute atomic E-state index is 10.1. The summed E-state index contributed by atoms with van der Waals surface area (Å²) >= 11 is 0. The fraction of sp³-hybridized carbons (Fsp3) is 0.812. The lowest BCUT2D eigenvalue weighted by atomic mass is 9.96. The van der Waals surface area contributed by atoms with E-state index in [1.165, 1.54) is 0 Å². The van der Waals surface area contributed by atoms with Gasteiger partial charge in [-0.3, -0.25) is 0 Å². The Morgan fingerprint density at radius 1 is 1.21 bits per heavy atom. The molecule has 1 N–H and O–H groups in total. The van der Waals surface area contributed by atoms with Gasteiger partial charge in [0.25, 0.3) is 0 Å². The molecule has 0 heterocycles. The van der Waals surface area contributed by atoms with Gasteiger partial charge in [-0.15, -0.1) is 5.73 Å². The molecule has 1 atom stereocenters. The lowest BCUT2D eigenvalue weighted by molar-refractivity contribution is 0.127. The van der Waals surface area contributed by atoms with Crippen molar-refractivity contribution in [2.75, 3.05) is 6.61 Å². The van der Waals surface area contributed by atoms with Crippen molar-refractivity contribution < 1.29 is 9.53 Å². The van der Waals surface area contributed by atoms with E-state index >= 15 is 0 Å². The topological polar surface area (TPSA) is 29.5 Å². The van der Waals surface area contributed by atoms with E-state index in [1.807, 2.05) is 13.0 Å². The van der Waals surface area contributed by atoms with Crippen LogP contribution in [0.25, 0.3) is 0 Å². The molecule has 0 aromatic rings. The van der Waals surface area contributed by atoms with Crippen molar-refractivity contribution in [2.45, 2.75) is 72.7 Å². The molecule has 0 fully saturated rings. The Balaban J connectivity index is 4.65. The lowest BCUT2D eigenvalue weighted by Crippen LogP contribution is -2.42. The highest BCUT2D eigenvalue weighted by atomic mass is 28.4. The first-order valence-corrected chi connectivity index (χ1v) is 9.93. The molecule has 0 saturated carbocycles. The standard InChI is InChI=1S/C16H32O2Si/c1-13(10-11-15(2,3)4)14(17)12-18-19(8,9)16(5,6)7/h11,14,17H,12H2,1-9H3. The van der Waals surface area contributed by atoms with Crippen LogP contribution in [-0.2, 0) is 4.43 Å². The number of hydrogen-bond donors (Lipinski definition) is 1. The predicted octanol–water partition coefficient (Wildman–Crippen LogP) is 4.52. The highest BCUT2D eigenvalue weighted by Gasteiger charge is 2.37. The maximum Gasteiger partial charge on any atom is 0.192 e. The Morgan fingerprint density at radius 2 is 1.68 bits per heavy atom. The quantitative estimate of drug-likeness (QED) is 0.607. The Labute approximate surface area is 120 Å². The van der Waals surface area contributed by atoms with Crippen LogP contribution in [0.5, 0.6) is 0 Å². The van der Waals surface area contributed by atoms with E-state index in [2.05, 4.69) is 60.4 Å². The van der Waals surface area contributed by atoms with Gasteiger partial charge in [0.15, 0.2) is 8.32 Å². The lowest BCUT2D eigenvalue weighted by Gasteiger charge is -2.36. The normalized spacial score (nSPS) is 14.8. The summed E-state index contributed by atoms with van der Waals surface area (Å²) in [7, 11) is -1.78. The van der Waals surface area contributed by atoms with Crippen LogP contribution in [0.2, 0.25) is 18.1 Å². The van der Waals surface area contributed by atoms with Gasteiger partial charge >= 0.3 is 0 Å². The molecule has 19 heavy (non-hydrogen) atoms. The van der Waals surface area contributed by atoms with E-state index in [0.29, 0.717) is 6.61 Å². The molecule has 0 aromatic heterocycles. The van der Waals surface area contributed by atoms with E-state index in [4.69, 9.17) is 4.43 Å². The smallest absolute Gasteiger partial charge is 0.192 e. The number of rotatable bonds is 4. The molecular formula is C16H32O2Si. The molecule has 112 valence electrons. The average molecular weight is 285 g/mol. The van der Waals surface area contributed by atoms with E-state index < -0.39 is 14.4 Å². The van der Waals surface area contributed by atoms with Crippen LogP contribution in [-0.4, -0.2) is 26.1 Å². The summed E-state index contributed by atoms with van der Waals surface area (Å²) < 4.78 is 6.02. The van der Waals surface area contributed by atoms with Gasteiger partial charge in [0.1, 0.15) is 6.10 Å². The van der Waals surface area contributed by atoms with Gasteiger partial charge in [-0.2, -0.15) is 0 Å². The summed E-state index contributed by atoms with van der Waals surface area (Å²) in [5.41, 5.74) is 4.10. The minimum absolute atomic E-state index is 0.0846. The second-order valence-electron chi connectivity index (χ2n) is 7.92. The molecule has 0 spiro atoms. The van der Waals surface area contributed by atoms with Gasteiger partial charge in [-0.1, -0.05) is 41.5 Å². The van der Waals surface area contributed by atoms with Crippen LogP contribution < -0.4 is 0 Å². The van der Waals surface area contributed by atoms with Gasteiger partial charge < -0.3 is 9.53 Å². The summed E-state index contributed by atoms with van der Waals surface area (Å²) in [5.74, 6) is 0. The second kappa shape index (κ2) is 6.40. The van der Waals surface area contributed by atoms with Gasteiger partial charge in [0.2, 0.25) is 0 Å². The predicted molar refractivity (Wildman–Crippen MR) is 85.9 cm³/mol. The van der Waals surface area contributed by atoms with Gasteiger partial charge in [-0.05, 0) is 42.1 Å². The molecule has 0 aliphatic rings. The first-order valence-electron chi connectivity index (χ1n) is 7.03. The third-order valence-corrected chi connectivity index (χ3v) is 8.14. The number of aliphatic hydroxyl groups is 1. The summed E-state index contributed by atoms with van der Waals surface area (Å²) in [5, 5.41) is 10.3. The van der Waals surface area contributed by atoms with Crippen LogP contribution in [0, 0.1) is 5.41 Å². The van der Waals surface area contributed by atoms with Crippen molar-refractivity contribution in [1.82, 2.24) is 0 Å². The number of hydrogen-bond acceptors (Lipinski definition) is 2. The Bertz CT molecular complexity index is 350. The van der Waals surface area contributed by atoms with Crippen LogP contribution in [0.3, 0.4) is 0 Å². The molecule has 0 aromatic carbocycles. The van der Waals surface area contributed by atoms with E-state index in [1.54, 1.807) is 0 Å². The zero-order valence-corrected chi connectivity index (χ0v) is 15.2. The number of aliphatic hydroxyl groups excluding tert-OH is 1. The third-order valence-electron chi connectivity index (χ3n) is 3.64. The van der Waals surface area contributed by atoms with Crippen LogP contribution in [0.4, 0.5) is 0 Å². The van der Waals surface area contributed by atoms with Crippen molar-refractivity contribution in [1.29, 1.82) is 0 Å². The van der Waals surface area contributed by atoms with Gasteiger partial charge in [-0.25, -0.2) is 0 Å². The van der Waals surface area contributed by atoms with Crippen molar-refractivity contribution in [3.8, 4) is 0 Å². The van der Waals surface area contributed by atoms with E-state index in [9.17, 15) is 5.11 Å². The largest absolute Gasteiger partial charge is 0.414 e. The zero-order chi connectivity index (χ0) is 15.5. The van der Waals surface area contributed by atoms with Crippen LogP contribution in [0.15, 0.2) is 17.4 Å². The summed E-state index contributed by atoms with van der Waals surface area (Å²) in [6, 6.07) is 0. The maximum atomic E-state index is 10.1. The molecule has 0 rings (SSSR count). The molecule has 3 heteroatoms. The molecule has 0 radical (unpaired) electrons. The van der Waals surface area contributed by atoms with Crippen molar-refractivity contribution in [3.63, 3.8) is 0 Å².